The molecule has 0 saturated heterocycles. The molecule has 0 unspecified atom stereocenters. The number of hydrogen-bond acceptors (Lipinski definition) is 4. The first-order valence-electron chi connectivity index (χ1n) is 10.1. The fourth-order valence-corrected chi connectivity index (χ4v) is 2.91. The van der Waals surface area contributed by atoms with Gasteiger partial charge in [0.05, 0.1) is 11.1 Å². The van der Waals surface area contributed by atoms with Gasteiger partial charge in [-0.1, -0.05) is 27.7 Å². The Morgan fingerprint density at radius 2 is 1.48 bits per heavy atom. The maximum Gasteiger partial charge on any atom is 0.269 e. The largest absolute Gasteiger partial charge is 0.492 e. The number of benzene rings is 2. The maximum atomic E-state index is 12.4. The predicted molar refractivity (Wildman–Crippen MR) is 124 cm³/mol. The molecule has 3 amide bonds. The monoisotopic (exact) mass is 489 g/mol. The molecule has 0 bridgehead atoms. The Hall–Kier alpha value is -2.87. The van der Waals surface area contributed by atoms with E-state index in [4.69, 9.17) is 4.74 Å². The zero-order valence-corrected chi connectivity index (χ0v) is 19.7. The molecule has 31 heavy (non-hydrogen) atoms. The highest BCUT2D eigenvalue weighted by molar-refractivity contribution is 9.10. The topological polar surface area (TPSA) is 96.5 Å². The molecule has 0 fully saturated rings. The summed E-state index contributed by atoms with van der Waals surface area (Å²) in [5.41, 5.74) is 6.09. The Morgan fingerprint density at radius 1 is 0.903 bits per heavy atom. The lowest BCUT2D eigenvalue weighted by atomic mass is 10.1. The number of nitrogens with one attached hydrogen (secondary N) is 3. The normalized spacial score (nSPS) is 10.7. The lowest BCUT2D eigenvalue weighted by molar-refractivity contribution is -0.118. The molecule has 166 valence electrons. The quantitative estimate of drug-likeness (QED) is 0.474. The van der Waals surface area contributed by atoms with Gasteiger partial charge in [-0.3, -0.25) is 25.2 Å². The molecule has 3 N–H and O–H groups in total. The first kappa shape index (κ1) is 24.4. The highest BCUT2D eigenvalue weighted by atomic mass is 79.9. The van der Waals surface area contributed by atoms with Gasteiger partial charge in [0.25, 0.3) is 11.8 Å². The number of carbonyl (C=O) groups is 3. The van der Waals surface area contributed by atoms with Crippen molar-refractivity contribution in [3.8, 4) is 5.75 Å². The fourth-order valence-electron chi connectivity index (χ4n) is 2.41. The lowest BCUT2D eigenvalue weighted by Crippen LogP contribution is -2.41. The summed E-state index contributed by atoms with van der Waals surface area (Å²) in [4.78, 5) is 36.3. The van der Waals surface area contributed by atoms with Crippen molar-refractivity contribution in [3.63, 3.8) is 0 Å². The van der Waals surface area contributed by atoms with Crippen molar-refractivity contribution in [1.82, 2.24) is 10.9 Å². The van der Waals surface area contributed by atoms with Crippen molar-refractivity contribution in [2.24, 2.45) is 11.8 Å². The van der Waals surface area contributed by atoms with E-state index in [-0.39, 0.29) is 11.8 Å². The van der Waals surface area contributed by atoms with Crippen molar-refractivity contribution >= 4 is 39.3 Å². The SMILES string of the molecule is CC(C)CCOc1ccc(C(=O)NNC(=O)c2ccc(NC(=O)C(C)C)cc2)cc1Br. The van der Waals surface area contributed by atoms with E-state index in [9.17, 15) is 14.4 Å². The van der Waals surface area contributed by atoms with Gasteiger partial charge < -0.3 is 10.1 Å². The minimum Gasteiger partial charge on any atom is -0.492 e. The van der Waals surface area contributed by atoms with Crippen LogP contribution < -0.4 is 20.9 Å². The van der Waals surface area contributed by atoms with Crippen molar-refractivity contribution < 1.29 is 19.1 Å². The van der Waals surface area contributed by atoms with Crippen LogP contribution in [-0.4, -0.2) is 24.3 Å². The summed E-state index contributed by atoms with van der Waals surface area (Å²) in [6.07, 6.45) is 0.936. The standard InChI is InChI=1S/C23H28BrN3O4/c1-14(2)11-12-31-20-10-7-17(13-19(20)24)23(30)27-26-22(29)16-5-8-18(9-6-16)25-21(28)15(3)4/h5-10,13-15H,11-12H2,1-4H3,(H,25,28)(H,26,29)(H,27,30). The number of carbonyl (C=O) groups excluding carboxylic acids is 3. The third-order valence-corrected chi connectivity index (χ3v) is 5.00. The molecule has 0 aliphatic carbocycles. The van der Waals surface area contributed by atoms with Crippen LogP contribution in [0, 0.1) is 11.8 Å². The predicted octanol–water partition coefficient (Wildman–Crippen LogP) is 4.54. The van der Waals surface area contributed by atoms with Crippen molar-refractivity contribution in [3.05, 3.63) is 58.1 Å². The lowest BCUT2D eigenvalue weighted by Gasteiger charge is -2.12. The van der Waals surface area contributed by atoms with Gasteiger partial charge >= 0.3 is 0 Å². The summed E-state index contributed by atoms with van der Waals surface area (Å²) in [5, 5.41) is 2.75. The van der Waals surface area contributed by atoms with Crippen molar-refractivity contribution in [2.45, 2.75) is 34.1 Å². The highest BCUT2D eigenvalue weighted by Crippen LogP contribution is 2.26. The molecule has 0 aromatic heterocycles. The number of ether oxygens (including phenoxy) is 1. The average molecular weight is 490 g/mol. The van der Waals surface area contributed by atoms with Crippen LogP contribution in [0.5, 0.6) is 5.75 Å². The number of rotatable bonds is 8. The molecule has 7 nitrogen and oxygen atoms in total. The molecular formula is C23H28BrN3O4. The van der Waals surface area contributed by atoms with Gasteiger partial charge in [0.2, 0.25) is 5.91 Å². The molecule has 0 atom stereocenters. The molecule has 2 rings (SSSR count). The minimum atomic E-state index is -0.470. The van der Waals surface area contributed by atoms with Gasteiger partial charge in [0, 0.05) is 22.7 Å². The van der Waals surface area contributed by atoms with Crippen LogP contribution in [0.25, 0.3) is 0 Å². The zero-order valence-electron chi connectivity index (χ0n) is 18.1. The summed E-state index contributed by atoms with van der Waals surface area (Å²) < 4.78 is 6.37. The van der Waals surface area contributed by atoms with Crippen molar-refractivity contribution in [1.29, 1.82) is 0 Å². The molecule has 2 aromatic carbocycles. The Labute approximate surface area is 191 Å². The van der Waals surface area contributed by atoms with Gasteiger partial charge in [0.15, 0.2) is 0 Å². The van der Waals surface area contributed by atoms with E-state index < -0.39 is 11.8 Å². The summed E-state index contributed by atoms with van der Waals surface area (Å²) in [6, 6.07) is 11.4. The van der Waals surface area contributed by atoms with Crippen LogP contribution in [0.3, 0.4) is 0 Å². The van der Waals surface area contributed by atoms with E-state index in [1.165, 1.54) is 0 Å². The van der Waals surface area contributed by atoms with E-state index in [0.717, 1.165) is 6.42 Å². The summed E-state index contributed by atoms with van der Waals surface area (Å²) in [6.45, 7) is 8.44. The highest BCUT2D eigenvalue weighted by Gasteiger charge is 2.12. The van der Waals surface area contributed by atoms with E-state index in [1.54, 1.807) is 56.3 Å². The Kier molecular flexibility index (Phi) is 9.05. The summed E-state index contributed by atoms with van der Waals surface area (Å²) >= 11 is 3.41. The second-order valence-corrected chi connectivity index (χ2v) is 8.66. The van der Waals surface area contributed by atoms with Crippen LogP contribution in [0.2, 0.25) is 0 Å². The molecule has 0 heterocycles. The van der Waals surface area contributed by atoms with Crippen LogP contribution >= 0.6 is 15.9 Å². The maximum absolute atomic E-state index is 12.4. The van der Waals surface area contributed by atoms with E-state index in [0.29, 0.717) is 39.6 Å². The van der Waals surface area contributed by atoms with Gasteiger partial charge in [-0.2, -0.15) is 0 Å². The minimum absolute atomic E-state index is 0.105. The summed E-state index contributed by atoms with van der Waals surface area (Å²) in [5.74, 6) is 0.0329. The molecule has 0 aliphatic rings. The Bertz CT molecular complexity index is 927. The average Bonchev–Trinajstić information content (AvgIpc) is 2.73. The number of halogens is 1. The number of anilines is 1. The number of hydrogen-bond donors (Lipinski definition) is 3. The Morgan fingerprint density at radius 3 is 2.03 bits per heavy atom. The smallest absolute Gasteiger partial charge is 0.269 e. The molecule has 0 radical (unpaired) electrons. The van der Waals surface area contributed by atoms with Crippen LogP contribution in [0.1, 0.15) is 54.8 Å². The van der Waals surface area contributed by atoms with Gasteiger partial charge in [-0.05, 0) is 70.7 Å². The van der Waals surface area contributed by atoms with Crippen LogP contribution in [-0.2, 0) is 4.79 Å². The first-order valence-corrected chi connectivity index (χ1v) is 10.9. The van der Waals surface area contributed by atoms with Crippen LogP contribution in [0.15, 0.2) is 46.9 Å². The van der Waals surface area contributed by atoms with Crippen molar-refractivity contribution in [2.75, 3.05) is 11.9 Å². The number of amides is 3. The van der Waals surface area contributed by atoms with E-state index in [1.807, 2.05) is 0 Å². The molecule has 2 aromatic rings. The second-order valence-electron chi connectivity index (χ2n) is 7.81. The van der Waals surface area contributed by atoms with E-state index in [2.05, 4.69) is 45.9 Å². The zero-order chi connectivity index (χ0) is 23.0. The Balaban J connectivity index is 1.89. The first-order chi connectivity index (χ1) is 14.7. The molecule has 8 heteroatoms. The molecule has 0 aliphatic heterocycles. The summed E-state index contributed by atoms with van der Waals surface area (Å²) in [7, 11) is 0. The van der Waals surface area contributed by atoms with Gasteiger partial charge in [-0.25, -0.2) is 0 Å². The van der Waals surface area contributed by atoms with Gasteiger partial charge in [-0.15, -0.1) is 0 Å². The molecular weight excluding hydrogens is 462 g/mol. The molecule has 0 spiro atoms. The third kappa shape index (κ3) is 7.71. The van der Waals surface area contributed by atoms with Gasteiger partial charge in [0.1, 0.15) is 5.75 Å². The van der Waals surface area contributed by atoms with E-state index >= 15 is 0 Å². The number of hydrazine groups is 1. The molecule has 0 saturated carbocycles. The third-order valence-electron chi connectivity index (χ3n) is 4.38. The van der Waals surface area contributed by atoms with Crippen LogP contribution in [0.4, 0.5) is 5.69 Å². The second kappa shape index (κ2) is 11.5. The fraction of sp³-hybridized carbons (Fsp3) is 0.348.